The summed E-state index contributed by atoms with van der Waals surface area (Å²) >= 11 is 5.88. The quantitative estimate of drug-likeness (QED) is 0.815. The molecule has 0 aliphatic carbocycles. The fraction of sp³-hybridized carbons (Fsp3) is 0.154. The van der Waals surface area contributed by atoms with E-state index in [1.165, 1.54) is 37.6 Å². The minimum atomic E-state index is -4.43. The Hall–Kier alpha value is -1.75. The minimum Gasteiger partial charge on any atom is -0.480 e. The Kier molecular flexibility index (Phi) is 3.66. The highest BCUT2D eigenvalue weighted by atomic mass is 35.5. The van der Waals surface area contributed by atoms with Crippen LogP contribution in [0.5, 0.6) is 5.88 Å². The second-order valence-electron chi connectivity index (χ2n) is 3.76. The summed E-state index contributed by atoms with van der Waals surface area (Å²) in [6.07, 6.45) is -3.13. The Morgan fingerprint density at radius 2 is 1.89 bits per heavy atom. The van der Waals surface area contributed by atoms with Crippen LogP contribution in [-0.2, 0) is 6.18 Å². The van der Waals surface area contributed by atoms with E-state index in [2.05, 4.69) is 4.98 Å². The van der Waals surface area contributed by atoms with Gasteiger partial charge in [0.05, 0.1) is 12.7 Å². The van der Waals surface area contributed by atoms with Crippen molar-refractivity contribution in [1.29, 1.82) is 0 Å². The van der Waals surface area contributed by atoms with Crippen molar-refractivity contribution < 1.29 is 17.9 Å². The number of nitrogens with zero attached hydrogens (tertiary/aromatic N) is 1. The predicted octanol–water partition coefficient (Wildman–Crippen LogP) is 4.43. The molecular weight excluding hydrogens is 279 g/mol. The maximum atomic E-state index is 12.9. The Balaban J connectivity index is 2.57. The first-order valence-corrected chi connectivity index (χ1v) is 5.67. The lowest BCUT2D eigenvalue weighted by Gasteiger charge is -2.13. The lowest BCUT2D eigenvalue weighted by atomic mass is 10.0. The van der Waals surface area contributed by atoms with Crippen LogP contribution in [0.4, 0.5) is 13.2 Å². The van der Waals surface area contributed by atoms with Gasteiger partial charge in [0.1, 0.15) is 5.02 Å². The van der Waals surface area contributed by atoms with Crippen molar-refractivity contribution in [1.82, 2.24) is 4.98 Å². The molecule has 0 unspecified atom stereocenters. The minimum absolute atomic E-state index is 0.0343. The van der Waals surface area contributed by atoms with E-state index in [1.54, 1.807) is 0 Å². The molecule has 1 aromatic heterocycles. The van der Waals surface area contributed by atoms with Gasteiger partial charge >= 0.3 is 6.18 Å². The molecule has 0 aliphatic rings. The van der Waals surface area contributed by atoms with E-state index < -0.39 is 11.7 Å². The van der Waals surface area contributed by atoms with Crippen molar-refractivity contribution >= 4 is 11.6 Å². The Morgan fingerprint density at radius 3 is 2.47 bits per heavy atom. The number of hydrogen-bond acceptors (Lipinski definition) is 2. The van der Waals surface area contributed by atoms with E-state index in [1.807, 2.05) is 0 Å². The number of rotatable bonds is 2. The summed E-state index contributed by atoms with van der Waals surface area (Å²) in [4.78, 5) is 3.87. The molecule has 0 radical (unpaired) electrons. The third-order valence-corrected chi connectivity index (χ3v) is 2.82. The fourth-order valence-corrected chi connectivity index (χ4v) is 1.95. The van der Waals surface area contributed by atoms with Gasteiger partial charge in [0, 0.05) is 11.8 Å². The van der Waals surface area contributed by atoms with Crippen molar-refractivity contribution in [2.24, 2.45) is 0 Å². The van der Waals surface area contributed by atoms with Crippen LogP contribution >= 0.6 is 11.6 Å². The molecule has 0 bridgehead atoms. The van der Waals surface area contributed by atoms with Crippen molar-refractivity contribution in [2.75, 3.05) is 7.11 Å². The van der Waals surface area contributed by atoms with Crippen molar-refractivity contribution in [2.45, 2.75) is 6.18 Å². The topological polar surface area (TPSA) is 22.1 Å². The van der Waals surface area contributed by atoms with Gasteiger partial charge in [-0.25, -0.2) is 4.98 Å². The summed E-state index contributed by atoms with van der Waals surface area (Å²) in [5.41, 5.74) is -0.399. The molecule has 0 N–H and O–H groups in total. The van der Waals surface area contributed by atoms with Gasteiger partial charge in [0.25, 0.3) is 0 Å². The van der Waals surface area contributed by atoms with Crippen molar-refractivity contribution in [3.63, 3.8) is 0 Å². The number of halogens is 4. The zero-order valence-corrected chi connectivity index (χ0v) is 10.6. The van der Waals surface area contributed by atoms with Crippen LogP contribution in [0.1, 0.15) is 5.56 Å². The van der Waals surface area contributed by atoms with Gasteiger partial charge < -0.3 is 4.74 Å². The molecule has 2 aromatic rings. The monoisotopic (exact) mass is 287 g/mol. The van der Waals surface area contributed by atoms with E-state index in [9.17, 15) is 13.2 Å². The van der Waals surface area contributed by atoms with Crippen LogP contribution in [0, 0.1) is 0 Å². The Labute approximate surface area is 112 Å². The largest absolute Gasteiger partial charge is 0.480 e. The average Bonchev–Trinajstić information content (AvgIpc) is 2.37. The molecule has 0 atom stereocenters. The molecule has 19 heavy (non-hydrogen) atoms. The van der Waals surface area contributed by atoms with E-state index in [0.29, 0.717) is 5.56 Å². The first kappa shape index (κ1) is 13.7. The molecule has 0 aliphatic heterocycles. The molecule has 100 valence electrons. The molecule has 0 amide bonds. The Morgan fingerprint density at radius 1 is 1.21 bits per heavy atom. The molecule has 0 fully saturated rings. The van der Waals surface area contributed by atoms with Gasteiger partial charge in [-0.05, 0) is 17.7 Å². The second kappa shape index (κ2) is 5.09. The lowest BCUT2D eigenvalue weighted by molar-refractivity contribution is -0.137. The zero-order chi connectivity index (χ0) is 14.0. The summed E-state index contributed by atoms with van der Waals surface area (Å²) in [6.45, 7) is 0. The maximum Gasteiger partial charge on any atom is 0.417 e. The van der Waals surface area contributed by atoms with Crippen LogP contribution < -0.4 is 4.74 Å². The SMILES string of the molecule is COc1ncc(-c2ccccc2C(F)(F)F)cc1Cl. The third-order valence-electron chi connectivity index (χ3n) is 2.54. The summed E-state index contributed by atoms with van der Waals surface area (Å²) < 4.78 is 43.6. The molecule has 0 saturated carbocycles. The summed E-state index contributed by atoms with van der Waals surface area (Å²) in [7, 11) is 1.39. The van der Waals surface area contributed by atoms with Crippen molar-refractivity contribution in [3.8, 4) is 17.0 Å². The fourth-order valence-electron chi connectivity index (χ4n) is 1.70. The van der Waals surface area contributed by atoms with E-state index >= 15 is 0 Å². The lowest BCUT2D eigenvalue weighted by Crippen LogP contribution is -2.07. The highest BCUT2D eigenvalue weighted by Crippen LogP contribution is 2.38. The number of hydrogen-bond donors (Lipinski definition) is 0. The zero-order valence-electron chi connectivity index (χ0n) is 9.83. The molecule has 6 heteroatoms. The van der Waals surface area contributed by atoms with Gasteiger partial charge in [0.15, 0.2) is 0 Å². The van der Waals surface area contributed by atoms with Crippen LogP contribution in [0.3, 0.4) is 0 Å². The first-order valence-electron chi connectivity index (χ1n) is 5.29. The number of alkyl halides is 3. The summed E-state index contributed by atoms with van der Waals surface area (Å²) in [5.74, 6) is 0.176. The molecule has 1 aromatic carbocycles. The van der Waals surface area contributed by atoms with Crippen molar-refractivity contribution in [3.05, 3.63) is 47.1 Å². The molecule has 1 heterocycles. The van der Waals surface area contributed by atoms with Crippen LogP contribution in [0.2, 0.25) is 5.02 Å². The van der Waals surface area contributed by atoms with Gasteiger partial charge in [-0.2, -0.15) is 13.2 Å². The number of benzene rings is 1. The van der Waals surface area contributed by atoms with Gasteiger partial charge in [-0.15, -0.1) is 0 Å². The van der Waals surface area contributed by atoms with Gasteiger partial charge in [-0.1, -0.05) is 29.8 Å². The normalized spacial score (nSPS) is 11.4. The first-order chi connectivity index (χ1) is 8.93. The van der Waals surface area contributed by atoms with Crippen LogP contribution in [0.15, 0.2) is 36.5 Å². The van der Waals surface area contributed by atoms with E-state index in [-0.39, 0.29) is 16.5 Å². The average molecular weight is 288 g/mol. The molecule has 2 nitrogen and oxygen atoms in total. The predicted molar refractivity (Wildman–Crippen MR) is 66.2 cm³/mol. The van der Waals surface area contributed by atoms with Crippen LogP contribution in [-0.4, -0.2) is 12.1 Å². The second-order valence-corrected chi connectivity index (χ2v) is 4.17. The Bertz CT molecular complexity index is 599. The molecule has 2 rings (SSSR count). The third kappa shape index (κ3) is 2.81. The van der Waals surface area contributed by atoms with Gasteiger partial charge in [0.2, 0.25) is 5.88 Å². The maximum absolute atomic E-state index is 12.9. The number of pyridine rings is 1. The summed E-state index contributed by atoms with van der Waals surface area (Å²) in [6, 6.07) is 6.67. The van der Waals surface area contributed by atoms with Gasteiger partial charge in [-0.3, -0.25) is 0 Å². The summed E-state index contributed by atoms with van der Waals surface area (Å²) in [5, 5.41) is 0.164. The smallest absolute Gasteiger partial charge is 0.417 e. The van der Waals surface area contributed by atoms with E-state index in [0.717, 1.165) is 6.07 Å². The molecular formula is C13H9ClF3NO. The highest BCUT2D eigenvalue weighted by molar-refractivity contribution is 6.32. The number of methoxy groups -OCH3 is 1. The highest BCUT2D eigenvalue weighted by Gasteiger charge is 2.33. The standard InChI is InChI=1S/C13H9ClF3NO/c1-19-12-11(14)6-8(7-18-12)9-4-2-3-5-10(9)13(15,16)17/h2-7H,1H3. The molecule has 0 spiro atoms. The number of ether oxygens (including phenoxy) is 1. The van der Waals surface area contributed by atoms with E-state index in [4.69, 9.17) is 16.3 Å². The van der Waals surface area contributed by atoms with Crippen LogP contribution in [0.25, 0.3) is 11.1 Å². The molecule has 0 saturated heterocycles. The number of aromatic nitrogens is 1.